The van der Waals surface area contributed by atoms with Crippen LogP contribution in [0.15, 0.2) is 68.6 Å². The SMILES string of the molecule is O=C(N/N=C/c1ccc(-c2ccc(Cl)c(Cl)c2)o1)c1ccccc1Br. The van der Waals surface area contributed by atoms with Gasteiger partial charge in [0.05, 0.1) is 21.8 Å². The third-order valence-corrected chi connectivity index (χ3v) is 4.74. The summed E-state index contributed by atoms with van der Waals surface area (Å²) in [5.41, 5.74) is 3.75. The van der Waals surface area contributed by atoms with E-state index in [2.05, 4.69) is 26.5 Å². The maximum Gasteiger partial charge on any atom is 0.272 e. The van der Waals surface area contributed by atoms with E-state index in [1.807, 2.05) is 12.1 Å². The van der Waals surface area contributed by atoms with Gasteiger partial charge >= 0.3 is 0 Å². The first kappa shape index (κ1) is 17.7. The van der Waals surface area contributed by atoms with Crippen molar-refractivity contribution in [2.45, 2.75) is 0 Å². The van der Waals surface area contributed by atoms with E-state index in [1.54, 1.807) is 42.5 Å². The zero-order chi connectivity index (χ0) is 17.8. The van der Waals surface area contributed by atoms with Gasteiger partial charge in [0.2, 0.25) is 0 Å². The van der Waals surface area contributed by atoms with Crippen LogP contribution < -0.4 is 5.43 Å². The van der Waals surface area contributed by atoms with Gasteiger partial charge in [-0.25, -0.2) is 5.43 Å². The summed E-state index contributed by atoms with van der Waals surface area (Å²) in [5, 5.41) is 4.84. The monoisotopic (exact) mass is 436 g/mol. The van der Waals surface area contributed by atoms with Gasteiger partial charge in [-0.3, -0.25) is 4.79 Å². The Kier molecular flexibility index (Phi) is 5.58. The number of hydrogen-bond acceptors (Lipinski definition) is 3. The van der Waals surface area contributed by atoms with E-state index in [4.69, 9.17) is 27.6 Å². The van der Waals surface area contributed by atoms with E-state index >= 15 is 0 Å². The fourth-order valence-corrected chi connectivity index (χ4v) is 2.85. The summed E-state index contributed by atoms with van der Waals surface area (Å²) in [6, 6.07) is 15.9. The highest BCUT2D eigenvalue weighted by atomic mass is 79.9. The summed E-state index contributed by atoms with van der Waals surface area (Å²) < 4.78 is 6.36. The number of benzene rings is 2. The van der Waals surface area contributed by atoms with Crippen molar-refractivity contribution in [2.24, 2.45) is 5.10 Å². The summed E-state index contributed by atoms with van der Waals surface area (Å²) in [4.78, 5) is 12.0. The van der Waals surface area contributed by atoms with E-state index < -0.39 is 0 Å². The third-order valence-electron chi connectivity index (χ3n) is 3.31. The van der Waals surface area contributed by atoms with Crippen LogP contribution in [-0.2, 0) is 0 Å². The number of carbonyl (C=O) groups is 1. The van der Waals surface area contributed by atoms with Crippen LogP contribution in [0, 0.1) is 0 Å². The molecule has 0 bridgehead atoms. The van der Waals surface area contributed by atoms with Crippen molar-refractivity contribution in [3.63, 3.8) is 0 Å². The summed E-state index contributed by atoms with van der Waals surface area (Å²) in [6.45, 7) is 0. The molecule has 0 aliphatic rings. The average molecular weight is 438 g/mol. The molecule has 126 valence electrons. The van der Waals surface area contributed by atoms with Gasteiger partial charge in [-0.2, -0.15) is 5.10 Å². The number of halogens is 3. The fraction of sp³-hybridized carbons (Fsp3) is 0. The van der Waals surface area contributed by atoms with Crippen LogP contribution in [0.1, 0.15) is 16.1 Å². The van der Waals surface area contributed by atoms with Crippen molar-refractivity contribution in [2.75, 3.05) is 0 Å². The first-order valence-corrected chi connectivity index (χ1v) is 8.72. The lowest BCUT2D eigenvalue weighted by atomic mass is 10.2. The molecule has 1 heterocycles. The van der Waals surface area contributed by atoms with Crippen molar-refractivity contribution < 1.29 is 9.21 Å². The van der Waals surface area contributed by atoms with Crippen molar-refractivity contribution in [3.05, 3.63) is 80.4 Å². The maximum atomic E-state index is 12.0. The van der Waals surface area contributed by atoms with Gasteiger partial charge in [0.25, 0.3) is 5.91 Å². The molecule has 25 heavy (non-hydrogen) atoms. The summed E-state index contributed by atoms with van der Waals surface area (Å²) >= 11 is 15.2. The lowest BCUT2D eigenvalue weighted by Gasteiger charge is -2.01. The predicted molar refractivity (Wildman–Crippen MR) is 103 cm³/mol. The molecule has 0 radical (unpaired) electrons. The van der Waals surface area contributed by atoms with E-state index in [0.29, 0.717) is 31.6 Å². The molecule has 1 aromatic heterocycles. The Hall–Kier alpha value is -2.08. The Morgan fingerprint density at radius 2 is 1.88 bits per heavy atom. The van der Waals surface area contributed by atoms with Gasteiger partial charge in [-0.1, -0.05) is 35.3 Å². The molecule has 0 saturated carbocycles. The van der Waals surface area contributed by atoms with Gasteiger partial charge in [-0.05, 0) is 58.4 Å². The van der Waals surface area contributed by atoms with E-state index in [9.17, 15) is 4.79 Å². The second-order valence-corrected chi connectivity index (χ2v) is 6.68. The molecule has 0 spiro atoms. The molecule has 2 aromatic carbocycles. The Morgan fingerprint density at radius 1 is 1.08 bits per heavy atom. The van der Waals surface area contributed by atoms with E-state index in [1.165, 1.54) is 6.21 Å². The molecule has 0 atom stereocenters. The standard InChI is InChI=1S/C18H11BrCl2N2O2/c19-14-4-2-1-3-13(14)18(24)23-22-10-12-6-8-17(25-12)11-5-7-15(20)16(21)9-11/h1-10H,(H,23,24)/b22-10+. The molecule has 3 aromatic rings. The van der Waals surface area contributed by atoms with Gasteiger partial charge in [0.15, 0.2) is 0 Å². The highest BCUT2D eigenvalue weighted by molar-refractivity contribution is 9.10. The first-order chi connectivity index (χ1) is 12.0. The molecule has 0 aliphatic heterocycles. The number of carbonyl (C=O) groups excluding carboxylic acids is 1. The number of hydrogen-bond donors (Lipinski definition) is 1. The Morgan fingerprint density at radius 3 is 2.64 bits per heavy atom. The molecule has 0 saturated heterocycles. The van der Waals surface area contributed by atoms with Gasteiger partial charge in [0.1, 0.15) is 11.5 Å². The van der Waals surface area contributed by atoms with Gasteiger partial charge in [0, 0.05) is 10.0 Å². The number of rotatable bonds is 4. The molecule has 0 fully saturated rings. The van der Waals surface area contributed by atoms with E-state index in [0.717, 1.165) is 5.56 Å². The highest BCUT2D eigenvalue weighted by Gasteiger charge is 2.08. The second-order valence-electron chi connectivity index (χ2n) is 5.01. The molecular weight excluding hydrogens is 427 g/mol. The lowest BCUT2D eigenvalue weighted by Crippen LogP contribution is -2.17. The number of furan rings is 1. The van der Waals surface area contributed by atoms with Crippen molar-refractivity contribution in [3.8, 4) is 11.3 Å². The number of amides is 1. The number of nitrogens with one attached hydrogen (secondary N) is 1. The molecule has 1 amide bonds. The topological polar surface area (TPSA) is 54.6 Å². The maximum absolute atomic E-state index is 12.0. The summed E-state index contributed by atoms with van der Waals surface area (Å²) in [6.07, 6.45) is 1.43. The Labute approximate surface area is 162 Å². The molecule has 3 rings (SSSR count). The minimum Gasteiger partial charge on any atom is -0.455 e. The van der Waals surface area contributed by atoms with Crippen LogP contribution in [0.25, 0.3) is 11.3 Å². The molecular formula is C18H11BrCl2N2O2. The van der Waals surface area contributed by atoms with Gasteiger partial charge in [-0.15, -0.1) is 0 Å². The smallest absolute Gasteiger partial charge is 0.272 e. The van der Waals surface area contributed by atoms with Crippen LogP contribution in [0.4, 0.5) is 0 Å². The predicted octanol–water partition coefficient (Wildman–Crippen LogP) is 5.78. The molecule has 1 N–H and O–H groups in total. The zero-order valence-corrected chi connectivity index (χ0v) is 15.8. The van der Waals surface area contributed by atoms with Crippen molar-refractivity contribution >= 4 is 51.3 Å². The Bertz CT molecular complexity index is 954. The minimum absolute atomic E-state index is 0.319. The fourth-order valence-electron chi connectivity index (χ4n) is 2.09. The van der Waals surface area contributed by atoms with Crippen LogP contribution in [-0.4, -0.2) is 12.1 Å². The van der Waals surface area contributed by atoms with Crippen LogP contribution >= 0.6 is 39.1 Å². The summed E-state index contributed by atoms with van der Waals surface area (Å²) in [7, 11) is 0. The van der Waals surface area contributed by atoms with Crippen molar-refractivity contribution in [1.29, 1.82) is 0 Å². The van der Waals surface area contributed by atoms with Crippen LogP contribution in [0.3, 0.4) is 0 Å². The van der Waals surface area contributed by atoms with Crippen LogP contribution in [0.2, 0.25) is 10.0 Å². The number of hydrazone groups is 1. The minimum atomic E-state index is -0.319. The average Bonchev–Trinajstić information content (AvgIpc) is 3.06. The largest absolute Gasteiger partial charge is 0.455 e. The first-order valence-electron chi connectivity index (χ1n) is 7.18. The highest BCUT2D eigenvalue weighted by Crippen LogP contribution is 2.29. The number of nitrogens with zero attached hydrogens (tertiary/aromatic N) is 1. The van der Waals surface area contributed by atoms with Crippen molar-refractivity contribution in [1.82, 2.24) is 5.43 Å². The normalized spacial score (nSPS) is 11.0. The summed E-state index contributed by atoms with van der Waals surface area (Å²) in [5.74, 6) is 0.797. The lowest BCUT2D eigenvalue weighted by molar-refractivity contribution is 0.0954. The molecule has 0 aliphatic carbocycles. The van der Waals surface area contributed by atoms with Gasteiger partial charge < -0.3 is 4.42 Å². The molecule has 4 nitrogen and oxygen atoms in total. The molecule has 0 unspecified atom stereocenters. The molecule has 7 heteroatoms. The third kappa shape index (κ3) is 4.31. The zero-order valence-electron chi connectivity index (χ0n) is 12.7. The second kappa shape index (κ2) is 7.87. The van der Waals surface area contributed by atoms with Crippen LogP contribution in [0.5, 0.6) is 0 Å². The quantitative estimate of drug-likeness (QED) is 0.415. The Balaban J connectivity index is 1.69. The van der Waals surface area contributed by atoms with E-state index in [-0.39, 0.29) is 5.91 Å².